The van der Waals surface area contributed by atoms with Crippen LogP contribution in [0.2, 0.25) is 0 Å². The Balaban J connectivity index is 2.27. The van der Waals surface area contributed by atoms with Gasteiger partial charge in [-0.2, -0.15) is 0 Å². The zero-order chi connectivity index (χ0) is 9.38. The molecule has 70 valence electrons. The number of aromatic nitrogens is 2. The van der Waals surface area contributed by atoms with Gasteiger partial charge in [0.1, 0.15) is 0 Å². The molecule has 0 aliphatic carbocycles. The van der Waals surface area contributed by atoms with Crippen molar-refractivity contribution in [3.05, 3.63) is 41.9 Å². The van der Waals surface area contributed by atoms with Gasteiger partial charge in [0.15, 0.2) is 0 Å². The van der Waals surface area contributed by atoms with Crippen LogP contribution in [0.4, 0.5) is 0 Å². The highest BCUT2D eigenvalue weighted by molar-refractivity contribution is 5.66. The van der Waals surface area contributed by atoms with Crippen LogP contribution in [0, 0.1) is 0 Å². The van der Waals surface area contributed by atoms with Gasteiger partial charge in [-0.15, -0.1) is 0 Å². The van der Waals surface area contributed by atoms with E-state index in [0.29, 0.717) is 0 Å². The fourth-order valence-corrected chi connectivity index (χ4v) is 1.92. The molecule has 0 radical (unpaired) electrons. The van der Waals surface area contributed by atoms with Crippen molar-refractivity contribution in [2.24, 2.45) is 0 Å². The molecular formula is C11H11N3. The zero-order valence-corrected chi connectivity index (χ0v) is 7.75. The molecular weight excluding hydrogens is 174 g/mol. The van der Waals surface area contributed by atoms with Crippen LogP contribution in [0.25, 0.3) is 11.3 Å². The molecule has 3 heteroatoms. The van der Waals surface area contributed by atoms with Crippen molar-refractivity contribution >= 4 is 0 Å². The monoisotopic (exact) mass is 185 g/mol. The van der Waals surface area contributed by atoms with E-state index in [0.717, 1.165) is 18.8 Å². The summed E-state index contributed by atoms with van der Waals surface area (Å²) in [7, 11) is 0. The van der Waals surface area contributed by atoms with Gasteiger partial charge in [-0.25, -0.2) is 4.98 Å². The van der Waals surface area contributed by atoms with Gasteiger partial charge in [-0.3, -0.25) is 0 Å². The summed E-state index contributed by atoms with van der Waals surface area (Å²) in [6, 6.07) is 8.40. The van der Waals surface area contributed by atoms with Crippen LogP contribution >= 0.6 is 0 Å². The molecule has 2 heterocycles. The highest BCUT2D eigenvalue weighted by atomic mass is 15.0. The maximum absolute atomic E-state index is 4.36. The Hall–Kier alpha value is -1.61. The van der Waals surface area contributed by atoms with Gasteiger partial charge in [0.2, 0.25) is 0 Å². The third kappa shape index (κ3) is 1.06. The lowest BCUT2D eigenvalue weighted by molar-refractivity contribution is 0.692. The molecule has 14 heavy (non-hydrogen) atoms. The summed E-state index contributed by atoms with van der Waals surface area (Å²) in [4.78, 5) is 7.53. The van der Waals surface area contributed by atoms with Gasteiger partial charge in [-0.05, 0) is 5.56 Å². The molecule has 1 aliphatic heterocycles. The van der Waals surface area contributed by atoms with E-state index in [4.69, 9.17) is 0 Å². The number of hydrogen-bond donors (Lipinski definition) is 2. The number of imidazole rings is 1. The second-order valence-corrected chi connectivity index (χ2v) is 3.49. The SMILES string of the molecule is c1ccc2c(c1)CNCc1[nH]cnc1-2. The summed E-state index contributed by atoms with van der Waals surface area (Å²) in [6.07, 6.45) is 1.76. The average molecular weight is 185 g/mol. The number of nitrogens with one attached hydrogen (secondary N) is 2. The summed E-state index contributed by atoms with van der Waals surface area (Å²) >= 11 is 0. The van der Waals surface area contributed by atoms with Crippen LogP contribution in [0.3, 0.4) is 0 Å². The molecule has 0 saturated heterocycles. The van der Waals surface area contributed by atoms with E-state index >= 15 is 0 Å². The summed E-state index contributed by atoms with van der Waals surface area (Å²) < 4.78 is 0. The number of rotatable bonds is 0. The minimum Gasteiger partial charge on any atom is -0.347 e. The Morgan fingerprint density at radius 1 is 1.14 bits per heavy atom. The smallest absolute Gasteiger partial charge is 0.0929 e. The predicted octanol–water partition coefficient (Wildman–Crippen LogP) is 1.68. The summed E-state index contributed by atoms with van der Waals surface area (Å²) in [5.74, 6) is 0. The van der Waals surface area contributed by atoms with Crippen LogP contribution in [-0.4, -0.2) is 9.97 Å². The van der Waals surface area contributed by atoms with Gasteiger partial charge in [0, 0.05) is 18.7 Å². The molecule has 0 saturated carbocycles. The largest absolute Gasteiger partial charge is 0.347 e. The lowest BCUT2D eigenvalue weighted by Gasteiger charge is -2.03. The van der Waals surface area contributed by atoms with E-state index in [2.05, 4.69) is 39.6 Å². The van der Waals surface area contributed by atoms with E-state index in [1.165, 1.54) is 16.8 Å². The van der Waals surface area contributed by atoms with Crippen LogP contribution in [-0.2, 0) is 13.1 Å². The lowest BCUT2D eigenvalue weighted by Crippen LogP contribution is -2.10. The van der Waals surface area contributed by atoms with Crippen molar-refractivity contribution in [3.63, 3.8) is 0 Å². The zero-order valence-electron chi connectivity index (χ0n) is 7.75. The standard InChI is InChI=1S/C11H11N3/c1-2-4-9-8(3-1)5-12-6-10-11(9)14-7-13-10/h1-4,7,12H,5-6H2,(H,13,14). The Morgan fingerprint density at radius 2 is 2.07 bits per heavy atom. The van der Waals surface area contributed by atoms with Crippen molar-refractivity contribution in [1.82, 2.24) is 15.3 Å². The average Bonchev–Trinajstić information content (AvgIpc) is 2.61. The molecule has 1 aromatic heterocycles. The Morgan fingerprint density at radius 3 is 3.07 bits per heavy atom. The van der Waals surface area contributed by atoms with Crippen molar-refractivity contribution in [1.29, 1.82) is 0 Å². The van der Waals surface area contributed by atoms with Gasteiger partial charge in [0.05, 0.1) is 17.7 Å². The van der Waals surface area contributed by atoms with E-state index in [1.54, 1.807) is 6.33 Å². The van der Waals surface area contributed by atoms with E-state index < -0.39 is 0 Å². The van der Waals surface area contributed by atoms with Crippen molar-refractivity contribution in [2.45, 2.75) is 13.1 Å². The number of nitrogens with zero attached hydrogens (tertiary/aromatic N) is 1. The molecule has 3 rings (SSSR count). The van der Waals surface area contributed by atoms with Crippen LogP contribution in [0.1, 0.15) is 11.3 Å². The van der Waals surface area contributed by atoms with E-state index in [-0.39, 0.29) is 0 Å². The lowest BCUT2D eigenvalue weighted by atomic mass is 10.0. The highest BCUT2D eigenvalue weighted by Gasteiger charge is 2.14. The first-order chi connectivity index (χ1) is 6.95. The Labute approximate surface area is 82.2 Å². The first-order valence-electron chi connectivity index (χ1n) is 4.76. The summed E-state index contributed by atoms with van der Waals surface area (Å²) in [5, 5.41) is 3.37. The molecule has 0 amide bonds. The quantitative estimate of drug-likeness (QED) is 0.655. The molecule has 0 atom stereocenters. The Bertz CT molecular complexity index is 459. The molecule has 2 N–H and O–H groups in total. The van der Waals surface area contributed by atoms with Crippen LogP contribution in [0.5, 0.6) is 0 Å². The number of fused-ring (bicyclic) bond motifs is 3. The molecule has 1 aromatic carbocycles. The topological polar surface area (TPSA) is 40.7 Å². The van der Waals surface area contributed by atoms with E-state index in [9.17, 15) is 0 Å². The minimum atomic E-state index is 0.865. The predicted molar refractivity (Wildman–Crippen MR) is 54.6 cm³/mol. The first kappa shape index (κ1) is 7.76. The number of H-pyrrole nitrogens is 1. The second-order valence-electron chi connectivity index (χ2n) is 3.49. The molecule has 2 aromatic rings. The fraction of sp³-hybridized carbons (Fsp3) is 0.182. The Kier molecular flexibility index (Phi) is 1.64. The highest BCUT2D eigenvalue weighted by Crippen LogP contribution is 2.26. The van der Waals surface area contributed by atoms with Crippen molar-refractivity contribution in [2.75, 3.05) is 0 Å². The molecule has 1 aliphatic rings. The minimum absolute atomic E-state index is 0.865. The third-order valence-corrected chi connectivity index (χ3v) is 2.61. The second kappa shape index (κ2) is 2.96. The number of benzene rings is 1. The van der Waals surface area contributed by atoms with Gasteiger partial charge in [-0.1, -0.05) is 24.3 Å². The molecule has 0 fully saturated rings. The maximum atomic E-state index is 4.36. The molecule has 3 nitrogen and oxygen atoms in total. The van der Waals surface area contributed by atoms with Gasteiger partial charge >= 0.3 is 0 Å². The van der Waals surface area contributed by atoms with E-state index in [1.807, 2.05) is 0 Å². The summed E-state index contributed by atoms with van der Waals surface area (Å²) in [5.41, 5.74) is 4.83. The first-order valence-corrected chi connectivity index (χ1v) is 4.76. The number of hydrogen-bond acceptors (Lipinski definition) is 2. The molecule has 0 unspecified atom stereocenters. The van der Waals surface area contributed by atoms with Crippen LogP contribution < -0.4 is 5.32 Å². The molecule has 0 spiro atoms. The van der Waals surface area contributed by atoms with Crippen molar-refractivity contribution in [3.8, 4) is 11.3 Å². The fourth-order valence-electron chi connectivity index (χ4n) is 1.92. The number of aromatic amines is 1. The maximum Gasteiger partial charge on any atom is 0.0929 e. The molecule has 0 bridgehead atoms. The van der Waals surface area contributed by atoms with Crippen LogP contribution in [0.15, 0.2) is 30.6 Å². The summed E-state index contributed by atoms with van der Waals surface area (Å²) in [6.45, 7) is 1.78. The van der Waals surface area contributed by atoms with Gasteiger partial charge in [0.25, 0.3) is 0 Å². The van der Waals surface area contributed by atoms with Crippen molar-refractivity contribution < 1.29 is 0 Å². The normalized spacial score (nSPS) is 14.3. The van der Waals surface area contributed by atoms with Gasteiger partial charge < -0.3 is 10.3 Å². The third-order valence-electron chi connectivity index (χ3n) is 2.61.